The summed E-state index contributed by atoms with van der Waals surface area (Å²) >= 11 is 0. The zero-order valence-electron chi connectivity index (χ0n) is 12.9. The zero-order chi connectivity index (χ0) is 13.7. The Hall–Kier alpha value is -0.980. The number of unbranched alkanes of at least 4 members (excludes halogenated alkanes) is 3. The zero-order valence-corrected chi connectivity index (χ0v) is 7.94. The number of rotatable bonds is 6. The van der Waals surface area contributed by atoms with Crippen LogP contribution in [0.15, 0.2) is 30.2 Å². The average Bonchev–Trinajstić information content (AvgIpc) is 2.37. The van der Waals surface area contributed by atoms with Crippen LogP contribution in [-0.4, -0.2) is 6.61 Å². The SMILES string of the molecule is [2H]c1c([2H])c([2H])c(OCCCCCC)c([2H])c1[2H]. The molecule has 1 heteroatoms. The first-order valence-electron chi connectivity index (χ1n) is 7.20. The molecule has 72 valence electrons. The van der Waals surface area contributed by atoms with Crippen molar-refractivity contribution < 1.29 is 11.6 Å². The van der Waals surface area contributed by atoms with E-state index in [0.717, 1.165) is 25.7 Å². The molecule has 0 aromatic heterocycles. The van der Waals surface area contributed by atoms with Crippen LogP contribution in [0.4, 0.5) is 0 Å². The number of ether oxygens (including phenoxy) is 1. The van der Waals surface area contributed by atoms with Gasteiger partial charge in [0.1, 0.15) is 5.75 Å². The molecule has 0 N–H and O–H groups in total. The highest BCUT2D eigenvalue weighted by molar-refractivity contribution is 5.20. The van der Waals surface area contributed by atoms with Crippen LogP contribution in [0.1, 0.15) is 39.5 Å². The van der Waals surface area contributed by atoms with Crippen LogP contribution in [0, 0.1) is 0 Å². The van der Waals surface area contributed by atoms with Crippen LogP contribution in [0.2, 0.25) is 0 Å². The lowest BCUT2D eigenvalue weighted by atomic mass is 10.2. The molecule has 13 heavy (non-hydrogen) atoms. The van der Waals surface area contributed by atoms with Crippen molar-refractivity contribution in [1.82, 2.24) is 0 Å². The van der Waals surface area contributed by atoms with Crippen LogP contribution >= 0.6 is 0 Å². The highest BCUT2D eigenvalue weighted by Crippen LogP contribution is 2.09. The van der Waals surface area contributed by atoms with Crippen molar-refractivity contribution in [2.75, 3.05) is 6.61 Å². The van der Waals surface area contributed by atoms with E-state index >= 15 is 0 Å². The largest absolute Gasteiger partial charge is 0.494 e. The molecule has 0 heterocycles. The molecule has 1 aromatic carbocycles. The van der Waals surface area contributed by atoms with Crippen molar-refractivity contribution in [2.24, 2.45) is 0 Å². The lowest BCUT2D eigenvalue weighted by Gasteiger charge is -2.04. The van der Waals surface area contributed by atoms with Crippen LogP contribution in [0.25, 0.3) is 0 Å². The number of hydrogen-bond donors (Lipinski definition) is 0. The van der Waals surface area contributed by atoms with E-state index in [9.17, 15) is 0 Å². The standard InChI is InChI=1S/C12H18O/c1-2-3-4-8-11-13-12-9-6-5-7-10-12/h5-7,9-10H,2-4,8,11H2,1H3/i5D,6D,7D,9D,10D. The molecule has 1 nitrogen and oxygen atoms in total. The molecule has 0 spiro atoms. The third-order valence-corrected chi connectivity index (χ3v) is 1.72. The summed E-state index contributed by atoms with van der Waals surface area (Å²) in [6, 6.07) is -1.62. The summed E-state index contributed by atoms with van der Waals surface area (Å²) in [5.41, 5.74) is 0. The minimum atomic E-state index is -0.386. The van der Waals surface area contributed by atoms with Crippen molar-refractivity contribution in [3.8, 4) is 5.75 Å². The molecular weight excluding hydrogens is 160 g/mol. The highest BCUT2D eigenvalue weighted by Gasteiger charge is 1.90. The maximum Gasteiger partial charge on any atom is 0.119 e. The van der Waals surface area contributed by atoms with Gasteiger partial charge in [-0.3, -0.25) is 0 Å². The summed E-state index contributed by atoms with van der Waals surface area (Å²) in [6.07, 6.45) is 4.09. The van der Waals surface area contributed by atoms with Crippen molar-refractivity contribution in [3.05, 3.63) is 30.2 Å². The maximum atomic E-state index is 7.65. The van der Waals surface area contributed by atoms with E-state index in [-0.39, 0.29) is 36.0 Å². The quantitative estimate of drug-likeness (QED) is 0.612. The van der Waals surface area contributed by atoms with E-state index in [1.807, 2.05) is 0 Å². The Balaban J connectivity index is 2.77. The molecular formula is C12H18O. The molecule has 0 saturated carbocycles. The first-order valence-corrected chi connectivity index (χ1v) is 4.70. The Morgan fingerprint density at radius 2 is 1.92 bits per heavy atom. The monoisotopic (exact) mass is 183 g/mol. The fraction of sp³-hybridized carbons (Fsp3) is 0.500. The van der Waals surface area contributed by atoms with Gasteiger partial charge in [-0.2, -0.15) is 0 Å². The molecule has 0 bridgehead atoms. The number of hydrogen-bond acceptors (Lipinski definition) is 1. The van der Waals surface area contributed by atoms with Gasteiger partial charge in [0.2, 0.25) is 0 Å². The van der Waals surface area contributed by atoms with Gasteiger partial charge in [-0.25, -0.2) is 0 Å². The Morgan fingerprint density at radius 3 is 2.62 bits per heavy atom. The normalized spacial score (nSPS) is 15.3. The summed E-state index contributed by atoms with van der Waals surface area (Å²) < 4.78 is 43.1. The first-order chi connectivity index (χ1) is 8.50. The predicted octanol–water partition coefficient (Wildman–Crippen LogP) is 3.65. The molecule has 0 atom stereocenters. The third kappa shape index (κ3) is 4.56. The minimum absolute atomic E-state index is 0.0440. The van der Waals surface area contributed by atoms with Crippen LogP contribution in [-0.2, 0) is 0 Å². The lowest BCUT2D eigenvalue weighted by molar-refractivity contribution is 0.305. The maximum absolute atomic E-state index is 7.65. The van der Waals surface area contributed by atoms with Crippen LogP contribution in [0.3, 0.4) is 0 Å². The molecule has 0 aliphatic heterocycles. The minimum Gasteiger partial charge on any atom is -0.494 e. The van der Waals surface area contributed by atoms with Crippen LogP contribution in [0.5, 0.6) is 5.75 Å². The van der Waals surface area contributed by atoms with Gasteiger partial charge < -0.3 is 4.74 Å². The van der Waals surface area contributed by atoms with Gasteiger partial charge in [0, 0.05) is 0 Å². The second-order valence-corrected chi connectivity index (χ2v) is 2.86. The highest BCUT2D eigenvalue weighted by atomic mass is 16.5. The Kier molecular flexibility index (Phi) is 2.53. The van der Waals surface area contributed by atoms with Gasteiger partial charge in [0.25, 0.3) is 0 Å². The molecule has 1 aromatic rings. The summed E-state index contributed by atoms with van der Waals surface area (Å²) in [5, 5.41) is 0. The third-order valence-electron chi connectivity index (χ3n) is 1.72. The van der Waals surface area contributed by atoms with E-state index in [0.29, 0.717) is 6.61 Å². The summed E-state index contributed by atoms with van der Waals surface area (Å²) in [4.78, 5) is 0. The van der Waals surface area contributed by atoms with E-state index in [2.05, 4.69) is 6.92 Å². The summed E-state index contributed by atoms with van der Waals surface area (Å²) in [5.74, 6) is -0.0440. The van der Waals surface area contributed by atoms with Crippen molar-refractivity contribution in [2.45, 2.75) is 32.6 Å². The van der Waals surface area contributed by atoms with Crippen molar-refractivity contribution >= 4 is 0 Å². The van der Waals surface area contributed by atoms with Gasteiger partial charge in [0.05, 0.1) is 13.5 Å². The average molecular weight is 183 g/mol. The molecule has 0 unspecified atom stereocenters. The van der Waals surface area contributed by atoms with E-state index in [1.165, 1.54) is 0 Å². The summed E-state index contributed by atoms with van der Waals surface area (Å²) in [6.45, 7) is 2.49. The molecule has 0 aliphatic rings. The van der Waals surface area contributed by atoms with Crippen LogP contribution < -0.4 is 4.74 Å². The Morgan fingerprint density at radius 1 is 1.15 bits per heavy atom. The van der Waals surface area contributed by atoms with Gasteiger partial charge in [-0.15, -0.1) is 0 Å². The van der Waals surface area contributed by atoms with Gasteiger partial charge in [-0.1, -0.05) is 44.3 Å². The molecule has 0 fully saturated rings. The smallest absolute Gasteiger partial charge is 0.119 e. The number of para-hydroxylation sites is 1. The van der Waals surface area contributed by atoms with Gasteiger partial charge >= 0.3 is 0 Å². The van der Waals surface area contributed by atoms with Crippen molar-refractivity contribution in [3.63, 3.8) is 0 Å². The van der Waals surface area contributed by atoms with Crippen molar-refractivity contribution in [1.29, 1.82) is 0 Å². The number of benzene rings is 1. The second-order valence-electron chi connectivity index (χ2n) is 2.86. The molecule has 0 aliphatic carbocycles. The fourth-order valence-corrected chi connectivity index (χ4v) is 1.01. The van der Waals surface area contributed by atoms with E-state index in [4.69, 9.17) is 11.6 Å². The summed E-state index contributed by atoms with van der Waals surface area (Å²) in [7, 11) is 0. The molecule has 0 amide bonds. The topological polar surface area (TPSA) is 9.23 Å². The predicted molar refractivity (Wildman–Crippen MR) is 56.1 cm³/mol. The van der Waals surface area contributed by atoms with E-state index < -0.39 is 0 Å². The van der Waals surface area contributed by atoms with Gasteiger partial charge in [-0.05, 0) is 18.5 Å². The van der Waals surface area contributed by atoms with Gasteiger partial charge in [0.15, 0.2) is 0 Å². The Labute approximate surface area is 87.8 Å². The molecule has 1 rings (SSSR count). The lowest BCUT2D eigenvalue weighted by Crippen LogP contribution is -1.96. The van der Waals surface area contributed by atoms with E-state index in [1.54, 1.807) is 0 Å². The fourth-order valence-electron chi connectivity index (χ4n) is 1.01. The second kappa shape index (κ2) is 6.53. The Bertz CT molecular complexity index is 390. The molecule has 0 saturated heterocycles. The molecule has 0 radical (unpaired) electrons. The first kappa shape index (κ1) is 5.04.